The fraction of sp³-hybridized carbons (Fsp3) is 0.0435. The zero-order valence-corrected chi connectivity index (χ0v) is 14.4. The van der Waals surface area contributed by atoms with Crippen LogP contribution < -0.4 is 4.74 Å². The van der Waals surface area contributed by atoms with Crippen molar-refractivity contribution in [3.8, 4) is 5.75 Å². The van der Waals surface area contributed by atoms with Gasteiger partial charge in [0.05, 0.1) is 5.56 Å². The summed E-state index contributed by atoms with van der Waals surface area (Å²) in [6.07, 6.45) is 3.30. The molecule has 3 heteroatoms. The summed E-state index contributed by atoms with van der Waals surface area (Å²) in [5, 5.41) is 0. The van der Waals surface area contributed by atoms with E-state index < -0.39 is 5.97 Å². The van der Waals surface area contributed by atoms with Gasteiger partial charge in [-0.25, -0.2) is 4.79 Å². The maximum absolute atomic E-state index is 12.2. The van der Waals surface area contributed by atoms with Crippen LogP contribution in [0.25, 0.3) is 6.08 Å². The van der Waals surface area contributed by atoms with Gasteiger partial charge >= 0.3 is 5.97 Å². The molecule has 0 aliphatic rings. The molecular weight excluding hydrogens is 324 g/mol. The van der Waals surface area contributed by atoms with Gasteiger partial charge in [0.25, 0.3) is 0 Å². The summed E-state index contributed by atoms with van der Waals surface area (Å²) in [4.78, 5) is 24.3. The molecular formula is C23H18O3. The summed E-state index contributed by atoms with van der Waals surface area (Å²) in [5.41, 5.74) is 3.06. The number of allylic oxidation sites excluding steroid dienone is 1. The number of carbonyl (C=O) groups excluding carboxylic acids is 2. The largest absolute Gasteiger partial charge is 0.423 e. The van der Waals surface area contributed by atoms with Crippen molar-refractivity contribution in [2.45, 2.75) is 6.92 Å². The van der Waals surface area contributed by atoms with Crippen molar-refractivity contribution < 1.29 is 14.3 Å². The summed E-state index contributed by atoms with van der Waals surface area (Å²) in [6, 6.07) is 23.3. The molecule has 0 radical (unpaired) electrons. The highest BCUT2D eigenvalue weighted by atomic mass is 16.5. The highest BCUT2D eigenvalue weighted by molar-refractivity contribution is 6.06. The molecule has 0 amide bonds. The molecule has 3 aromatic rings. The number of ether oxygens (including phenoxy) is 1. The van der Waals surface area contributed by atoms with E-state index in [0.717, 1.165) is 11.1 Å². The first-order valence-electron chi connectivity index (χ1n) is 8.28. The molecule has 0 aromatic heterocycles. The third kappa shape index (κ3) is 4.54. The molecule has 0 atom stereocenters. The summed E-state index contributed by atoms with van der Waals surface area (Å²) >= 11 is 0. The van der Waals surface area contributed by atoms with Gasteiger partial charge in [-0.1, -0.05) is 54.1 Å². The quantitative estimate of drug-likeness (QED) is 0.280. The lowest BCUT2D eigenvalue weighted by molar-refractivity contribution is 0.0734. The Morgan fingerprint density at radius 3 is 2.04 bits per heavy atom. The first-order chi connectivity index (χ1) is 12.6. The Balaban J connectivity index is 1.64. The first-order valence-corrected chi connectivity index (χ1v) is 8.28. The summed E-state index contributed by atoms with van der Waals surface area (Å²) in [6.45, 7) is 1.96. The van der Waals surface area contributed by atoms with Gasteiger partial charge in [0, 0.05) is 5.56 Å². The molecule has 26 heavy (non-hydrogen) atoms. The number of hydrogen-bond donors (Lipinski definition) is 0. The number of aryl methyl sites for hydroxylation is 1. The van der Waals surface area contributed by atoms with E-state index in [2.05, 4.69) is 0 Å². The van der Waals surface area contributed by atoms with Gasteiger partial charge in [-0.05, 0) is 55.0 Å². The van der Waals surface area contributed by atoms with Crippen molar-refractivity contribution in [1.82, 2.24) is 0 Å². The Kier molecular flexibility index (Phi) is 5.40. The average molecular weight is 342 g/mol. The fourth-order valence-electron chi connectivity index (χ4n) is 2.38. The number of benzene rings is 3. The van der Waals surface area contributed by atoms with E-state index in [1.54, 1.807) is 42.5 Å². The predicted molar refractivity (Wildman–Crippen MR) is 102 cm³/mol. The van der Waals surface area contributed by atoms with Gasteiger partial charge in [0.1, 0.15) is 5.75 Å². The summed E-state index contributed by atoms with van der Waals surface area (Å²) in [5.74, 6) is -0.127. The van der Waals surface area contributed by atoms with Gasteiger partial charge in [-0.15, -0.1) is 0 Å². The Morgan fingerprint density at radius 2 is 1.38 bits per heavy atom. The van der Waals surface area contributed by atoms with Crippen LogP contribution in [0, 0.1) is 6.92 Å². The SMILES string of the molecule is Cc1ccc(C(=O)Oc2ccc(C(=O)C=Cc3ccccc3)cc2)cc1. The van der Waals surface area contributed by atoms with Gasteiger partial charge in [0.2, 0.25) is 0 Å². The van der Waals surface area contributed by atoms with Crippen LogP contribution in [0.5, 0.6) is 5.75 Å². The van der Waals surface area contributed by atoms with Crippen LogP contribution in [0.1, 0.15) is 31.8 Å². The lowest BCUT2D eigenvalue weighted by atomic mass is 10.1. The number of ketones is 1. The molecule has 0 N–H and O–H groups in total. The highest BCUT2D eigenvalue weighted by Gasteiger charge is 2.09. The summed E-state index contributed by atoms with van der Waals surface area (Å²) in [7, 11) is 0. The van der Waals surface area contributed by atoms with Crippen LogP contribution in [0.4, 0.5) is 0 Å². The zero-order valence-electron chi connectivity index (χ0n) is 14.4. The molecule has 3 nitrogen and oxygen atoms in total. The van der Waals surface area contributed by atoms with Gasteiger partial charge in [-0.3, -0.25) is 4.79 Å². The molecule has 0 spiro atoms. The van der Waals surface area contributed by atoms with Crippen LogP contribution in [0.15, 0.2) is 84.9 Å². The van der Waals surface area contributed by atoms with Crippen molar-refractivity contribution in [1.29, 1.82) is 0 Å². The number of hydrogen-bond acceptors (Lipinski definition) is 3. The average Bonchev–Trinajstić information content (AvgIpc) is 2.68. The van der Waals surface area contributed by atoms with Gasteiger partial charge in [0.15, 0.2) is 5.78 Å². The molecule has 3 rings (SSSR count). The lowest BCUT2D eigenvalue weighted by Crippen LogP contribution is -2.08. The van der Waals surface area contributed by atoms with E-state index in [1.807, 2.05) is 49.4 Å². The molecule has 0 saturated carbocycles. The third-order valence-corrected chi connectivity index (χ3v) is 3.86. The molecule has 3 aromatic carbocycles. The molecule has 0 fully saturated rings. The van der Waals surface area contributed by atoms with Crippen molar-refractivity contribution >= 4 is 17.8 Å². The van der Waals surface area contributed by atoms with E-state index in [4.69, 9.17) is 4.74 Å². The minimum Gasteiger partial charge on any atom is -0.423 e. The lowest BCUT2D eigenvalue weighted by Gasteiger charge is -2.05. The van der Waals surface area contributed by atoms with Crippen LogP contribution in [0.3, 0.4) is 0 Å². The Bertz CT molecular complexity index is 921. The van der Waals surface area contributed by atoms with Crippen LogP contribution in [-0.4, -0.2) is 11.8 Å². The molecule has 0 saturated heterocycles. The molecule has 0 bridgehead atoms. The molecule has 0 aliphatic heterocycles. The van der Waals surface area contributed by atoms with E-state index in [-0.39, 0.29) is 5.78 Å². The number of rotatable bonds is 5. The highest BCUT2D eigenvalue weighted by Crippen LogP contribution is 2.16. The van der Waals surface area contributed by atoms with Crippen molar-refractivity contribution in [2.24, 2.45) is 0 Å². The maximum atomic E-state index is 12.2. The van der Waals surface area contributed by atoms with E-state index in [0.29, 0.717) is 16.9 Å². The minimum absolute atomic E-state index is 0.106. The van der Waals surface area contributed by atoms with Gasteiger partial charge in [-0.2, -0.15) is 0 Å². The molecule has 0 aliphatic carbocycles. The Hall–Kier alpha value is -3.46. The van der Waals surface area contributed by atoms with Gasteiger partial charge < -0.3 is 4.74 Å². The maximum Gasteiger partial charge on any atom is 0.343 e. The zero-order chi connectivity index (χ0) is 18.4. The monoisotopic (exact) mass is 342 g/mol. The standard InChI is InChI=1S/C23H18O3/c1-17-7-10-20(11-8-17)23(25)26-21-14-12-19(13-15-21)22(24)16-9-18-5-3-2-4-6-18/h2-16H,1H3. The van der Waals surface area contributed by atoms with Crippen LogP contribution in [-0.2, 0) is 0 Å². The van der Waals surface area contributed by atoms with Crippen molar-refractivity contribution in [2.75, 3.05) is 0 Å². The predicted octanol–water partition coefficient (Wildman–Crippen LogP) is 5.11. The second-order valence-corrected chi connectivity index (χ2v) is 5.89. The van der Waals surface area contributed by atoms with Crippen LogP contribution in [0.2, 0.25) is 0 Å². The van der Waals surface area contributed by atoms with Crippen molar-refractivity contribution in [3.05, 3.63) is 107 Å². The molecule has 0 heterocycles. The van der Waals surface area contributed by atoms with E-state index in [1.165, 1.54) is 6.08 Å². The third-order valence-electron chi connectivity index (χ3n) is 3.86. The van der Waals surface area contributed by atoms with Crippen molar-refractivity contribution in [3.63, 3.8) is 0 Å². The molecule has 0 unspecified atom stereocenters. The minimum atomic E-state index is -0.423. The smallest absolute Gasteiger partial charge is 0.343 e. The summed E-state index contributed by atoms with van der Waals surface area (Å²) < 4.78 is 5.34. The number of esters is 1. The Morgan fingerprint density at radius 1 is 0.769 bits per heavy atom. The second-order valence-electron chi connectivity index (χ2n) is 5.89. The Labute approximate surface area is 152 Å². The topological polar surface area (TPSA) is 43.4 Å². The number of carbonyl (C=O) groups is 2. The second kappa shape index (κ2) is 8.08. The molecule has 128 valence electrons. The normalized spacial score (nSPS) is 10.7. The van der Waals surface area contributed by atoms with E-state index in [9.17, 15) is 9.59 Å². The van der Waals surface area contributed by atoms with E-state index >= 15 is 0 Å². The van der Waals surface area contributed by atoms with Crippen LogP contribution >= 0.6 is 0 Å². The first kappa shape index (κ1) is 17.4. The fourth-order valence-corrected chi connectivity index (χ4v) is 2.38.